The zero-order valence-corrected chi connectivity index (χ0v) is 17.3. The van der Waals surface area contributed by atoms with E-state index in [4.69, 9.17) is 4.74 Å². The number of fused-ring (bicyclic) bond motifs is 1. The molecule has 1 aromatic carbocycles. The van der Waals surface area contributed by atoms with Crippen molar-refractivity contribution in [3.63, 3.8) is 0 Å². The molecule has 3 aromatic rings. The fourth-order valence-corrected chi connectivity index (χ4v) is 3.98. The highest BCUT2D eigenvalue weighted by Crippen LogP contribution is 2.28. The van der Waals surface area contributed by atoms with Crippen LogP contribution in [0.5, 0.6) is 0 Å². The van der Waals surface area contributed by atoms with E-state index in [1.54, 1.807) is 38.1 Å². The zero-order chi connectivity index (χ0) is 21.1. The third-order valence-corrected chi connectivity index (χ3v) is 5.54. The molecular weight excluding hydrogens is 394 g/mol. The second kappa shape index (κ2) is 8.44. The second-order valence-corrected chi connectivity index (χ2v) is 7.34. The number of aromatic amines is 1. The smallest absolute Gasteiger partial charge is 0.348 e. The Morgan fingerprint density at radius 1 is 1.24 bits per heavy atom. The molecule has 0 fully saturated rings. The Bertz CT molecular complexity index is 1120. The number of carbonyl (C=O) groups excluding carboxylic acids is 2. The number of ether oxygens (including phenoxy) is 2. The fourth-order valence-electron chi connectivity index (χ4n) is 2.90. The van der Waals surface area contributed by atoms with Crippen LogP contribution in [0, 0.1) is 6.92 Å². The highest BCUT2D eigenvalue weighted by atomic mass is 32.1. The molecule has 0 saturated carbocycles. The normalized spacial score (nSPS) is 11.9. The molecule has 8 nitrogen and oxygen atoms in total. The van der Waals surface area contributed by atoms with Crippen molar-refractivity contribution in [3.05, 3.63) is 56.4 Å². The van der Waals surface area contributed by atoms with E-state index in [1.807, 2.05) is 6.92 Å². The van der Waals surface area contributed by atoms with Crippen molar-refractivity contribution in [2.45, 2.75) is 26.8 Å². The monoisotopic (exact) mass is 415 g/mol. The average Bonchev–Trinajstić information content (AvgIpc) is 3.05. The molecule has 0 spiro atoms. The minimum atomic E-state index is -0.453. The van der Waals surface area contributed by atoms with Crippen molar-refractivity contribution in [2.75, 3.05) is 19.0 Å². The van der Waals surface area contributed by atoms with Crippen LogP contribution in [0.25, 0.3) is 10.2 Å². The van der Waals surface area contributed by atoms with Gasteiger partial charge >= 0.3 is 11.9 Å². The number of benzene rings is 1. The number of rotatable bonds is 6. The number of anilines is 1. The topological polar surface area (TPSA) is 110 Å². The van der Waals surface area contributed by atoms with Crippen LogP contribution >= 0.6 is 11.3 Å². The highest BCUT2D eigenvalue weighted by molar-refractivity contribution is 7.20. The molecule has 0 bridgehead atoms. The van der Waals surface area contributed by atoms with Crippen LogP contribution in [0.4, 0.5) is 5.69 Å². The summed E-state index contributed by atoms with van der Waals surface area (Å²) < 4.78 is 9.74. The third kappa shape index (κ3) is 4.14. The van der Waals surface area contributed by atoms with Gasteiger partial charge in [-0.2, -0.15) is 0 Å². The zero-order valence-electron chi connectivity index (χ0n) is 16.5. The van der Waals surface area contributed by atoms with Crippen molar-refractivity contribution >= 4 is 39.2 Å². The molecule has 3 rings (SSSR count). The number of nitrogens with one attached hydrogen (secondary N) is 2. The molecule has 2 heterocycles. The van der Waals surface area contributed by atoms with Crippen molar-refractivity contribution in [2.24, 2.45) is 0 Å². The quantitative estimate of drug-likeness (QED) is 0.594. The predicted molar refractivity (Wildman–Crippen MR) is 111 cm³/mol. The summed E-state index contributed by atoms with van der Waals surface area (Å²) >= 11 is 1.15. The van der Waals surface area contributed by atoms with Gasteiger partial charge in [-0.05, 0) is 50.6 Å². The van der Waals surface area contributed by atoms with Gasteiger partial charge < -0.3 is 19.8 Å². The summed E-state index contributed by atoms with van der Waals surface area (Å²) in [5.41, 5.74) is 1.47. The summed E-state index contributed by atoms with van der Waals surface area (Å²) in [6.45, 7) is 5.56. The summed E-state index contributed by atoms with van der Waals surface area (Å²) in [5, 5.41) is 3.63. The van der Waals surface area contributed by atoms with E-state index in [0.717, 1.165) is 17.0 Å². The number of thiophene rings is 1. The Labute approximate surface area is 170 Å². The lowest BCUT2D eigenvalue weighted by molar-refractivity contribution is 0.0530. The Morgan fingerprint density at radius 2 is 1.93 bits per heavy atom. The van der Waals surface area contributed by atoms with Gasteiger partial charge in [0.05, 0.1) is 30.7 Å². The summed E-state index contributed by atoms with van der Waals surface area (Å²) in [5.74, 6) is -0.423. The summed E-state index contributed by atoms with van der Waals surface area (Å²) in [7, 11) is 1.33. The molecule has 0 amide bonds. The molecule has 0 unspecified atom stereocenters. The van der Waals surface area contributed by atoms with Crippen molar-refractivity contribution < 1.29 is 19.1 Å². The first-order chi connectivity index (χ1) is 13.8. The van der Waals surface area contributed by atoms with E-state index in [1.165, 1.54) is 7.11 Å². The van der Waals surface area contributed by atoms with E-state index in [-0.39, 0.29) is 18.2 Å². The molecular formula is C20H21N3O5S. The minimum Gasteiger partial charge on any atom is -0.465 e. The first-order valence-corrected chi connectivity index (χ1v) is 9.82. The number of nitrogens with zero attached hydrogens (tertiary/aromatic N) is 1. The molecule has 0 saturated heterocycles. The van der Waals surface area contributed by atoms with Crippen LogP contribution in [0.1, 0.15) is 51.3 Å². The first-order valence-electron chi connectivity index (χ1n) is 9.01. The van der Waals surface area contributed by atoms with Crippen molar-refractivity contribution in [1.82, 2.24) is 9.97 Å². The molecule has 2 aromatic heterocycles. The molecule has 9 heteroatoms. The largest absolute Gasteiger partial charge is 0.465 e. The third-order valence-electron chi connectivity index (χ3n) is 4.38. The Hall–Kier alpha value is -3.20. The van der Waals surface area contributed by atoms with E-state index in [2.05, 4.69) is 20.0 Å². The Morgan fingerprint density at radius 3 is 2.55 bits per heavy atom. The maximum Gasteiger partial charge on any atom is 0.348 e. The molecule has 0 aliphatic carbocycles. The number of hydrogen-bond acceptors (Lipinski definition) is 8. The van der Waals surface area contributed by atoms with Gasteiger partial charge in [-0.15, -0.1) is 11.3 Å². The molecule has 152 valence electrons. The molecule has 0 aliphatic rings. The van der Waals surface area contributed by atoms with Gasteiger partial charge in [0.25, 0.3) is 5.56 Å². The van der Waals surface area contributed by atoms with Gasteiger partial charge in [-0.25, -0.2) is 14.6 Å². The van der Waals surface area contributed by atoms with Gasteiger partial charge in [0.1, 0.15) is 15.5 Å². The Balaban J connectivity index is 1.88. The highest BCUT2D eigenvalue weighted by Gasteiger charge is 2.21. The molecule has 2 N–H and O–H groups in total. The molecule has 0 aliphatic heterocycles. The van der Waals surface area contributed by atoms with Crippen LogP contribution < -0.4 is 10.9 Å². The number of esters is 2. The van der Waals surface area contributed by atoms with Crippen LogP contribution in [0.3, 0.4) is 0 Å². The van der Waals surface area contributed by atoms with Crippen molar-refractivity contribution in [3.8, 4) is 0 Å². The second-order valence-electron chi connectivity index (χ2n) is 6.34. The van der Waals surface area contributed by atoms with Crippen LogP contribution in [0.15, 0.2) is 29.1 Å². The standard InChI is InChI=1S/C20H21N3O5S/c1-5-28-20(26)15-10(2)14-17(24)22-16(23-18(14)29-15)11(3)21-13-8-6-12(7-9-13)19(25)27-4/h6-9,11,21H,5H2,1-4H3,(H,22,23,24)/t11-/m1/s1. The number of hydrogen-bond donors (Lipinski definition) is 2. The summed E-state index contributed by atoms with van der Waals surface area (Å²) in [6.07, 6.45) is 0. The number of carbonyl (C=O) groups is 2. The molecule has 0 radical (unpaired) electrons. The van der Waals surface area contributed by atoms with Gasteiger partial charge in [0, 0.05) is 5.69 Å². The lowest BCUT2D eigenvalue weighted by atomic mass is 10.2. The molecule has 29 heavy (non-hydrogen) atoms. The molecule has 1 atom stereocenters. The predicted octanol–water partition coefficient (Wildman–Crippen LogP) is 3.43. The van der Waals surface area contributed by atoms with Gasteiger partial charge in [0.15, 0.2) is 0 Å². The SMILES string of the molecule is CCOC(=O)c1sc2nc([C@@H](C)Nc3ccc(C(=O)OC)cc3)[nH]c(=O)c2c1C. The number of aromatic nitrogens is 2. The summed E-state index contributed by atoms with van der Waals surface area (Å²) in [4.78, 5) is 44.4. The first kappa shape index (κ1) is 20.5. The maximum absolute atomic E-state index is 12.6. The minimum absolute atomic E-state index is 0.261. The fraction of sp³-hybridized carbons (Fsp3) is 0.300. The average molecular weight is 415 g/mol. The lowest BCUT2D eigenvalue weighted by Crippen LogP contribution is -2.17. The van der Waals surface area contributed by atoms with Crippen molar-refractivity contribution in [1.29, 1.82) is 0 Å². The van der Waals surface area contributed by atoms with Gasteiger partial charge in [0.2, 0.25) is 0 Å². The van der Waals surface area contributed by atoms with Crippen LogP contribution in [-0.2, 0) is 9.47 Å². The maximum atomic E-state index is 12.6. The number of aryl methyl sites for hydroxylation is 1. The Kier molecular flexibility index (Phi) is 5.97. The van der Waals surface area contributed by atoms with E-state index >= 15 is 0 Å². The number of methoxy groups -OCH3 is 1. The van der Waals surface area contributed by atoms with E-state index < -0.39 is 11.9 Å². The summed E-state index contributed by atoms with van der Waals surface area (Å²) in [6, 6.07) is 6.47. The van der Waals surface area contributed by atoms with Crippen LogP contribution in [-0.4, -0.2) is 35.6 Å². The lowest BCUT2D eigenvalue weighted by Gasteiger charge is -2.14. The van der Waals surface area contributed by atoms with Gasteiger partial charge in [-0.1, -0.05) is 0 Å². The van der Waals surface area contributed by atoms with Crippen LogP contribution in [0.2, 0.25) is 0 Å². The van der Waals surface area contributed by atoms with E-state index in [9.17, 15) is 14.4 Å². The van der Waals surface area contributed by atoms with E-state index in [0.29, 0.717) is 32.0 Å². The number of H-pyrrole nitrogens is 1. The van der Waals surface area contributed by atoms with Gasteiger partial charge in [-0.3, -0.25) is 4.79 Å².